The average molecular weight is 276 g/mol. The molecular weight excluding hydrogens is 256 g/mol. The van der Waals surface area contributed by atoms with Crippen LogP contribution in [0, 0.1) is 5.92 Å². The minimum atomic E-state index is -0.792. The topological polar surface area (TPSA) is 60.9 Å². The molecule has 1 aromatic carbocycles. The van der Waals surface area contributed by atoms with Crippen molar-refractivity contribution in [3.8, 4) is 0 Å². The van der Waals surface area contributed by atoms with Gasteiger partial charge in [-0.1, -0.05) is 18.2 Å². The Morgan fingerprint density at radius 2 is 2.05 bits per heavy atom. The fourth-order valence-corrected chi connectivity index (χ4v) is 2.63. The van der Waals surface area contributed by atoms with E-state index in [-0.39, 0.29) is 18.4 Å². The van der Waals surface area contributed by atoms with E-state index in [1.54, 1.807) is 9.80 Å². The van der Waals surface area contributed by atoms with Crippen LogP contribution in [0.15, 0.2) is 30.3 Å². The Hall–Kier alpha value is -2.04. The highest BCUT2D eigenvalue weighted by molar-refractivity contribution is 5.92. The number of para-hydroxylation sites is 1. The second-order valence-electron chi connectivity index (χ2n) is 5.06. The number of carbonyl (C=O) groups excluding carboxylic acids is 1. The number of nitrogens with zero attached hydrogens (tertiary/aromatic N) is 2. The molecule has 5 heteroatoms. The van der Waals surface area contributed by atoms with Gasteiger partial charge in [0.2, 0.25) is 0 Å². The zero-order chi connectivity index (χ0) is 14.5. The first-order chi connectivity index (χ1) is 9.61. The van der Waals surface area contributed by atoms with E-state index in [1.807, 2.05) is 37.3 Å². The zero-order valence-corrected chi connectivity index (χ0v) is 11.7. The third-order valence-electron chi connectivity index (χ3n) is 3.63. The summed E-state index contributed by atoms with van der Waals surface area (Å²) in [6.07, 6.45) is 0.908. The van der Waals surface area contributed by atoms with Gasteiger partial charge in [0, 0.05) is 31.7 Å². The molecule has 1 aromatic rings. The Kier molecular flexibility index (Phi) is 4.61. The molecule has 1 heterocycles. The van der Waals surface area contributed by atoms with E-state index in [4.69, 9.17) is 5.11 Å². The van der Waals surface area contributed by atoms with Crippen LogP contribution in [0.2, 0.25) is 0 Å². The molecule has 0 radical (unpaired) electrons. The van der Waals surface area contributed by atoms with Crippen molar-refractivity contribution in [2.75, 3.05) is 24.5 Å². The summed E-state index contributed by atoms with van der Waals surface area (Å²) in [7, 11) is 0. The normalized spacial score (nSPS) is 18.1. The zero-order valence-electron chi connectivity index (χ0n) is 11.7. The first kappa shape index (κ1) is 14.4. The molecule has 5 nitrogen and oxygen atoms in total. The molecule has 0 aliphatic carbocycles. The van der Waals surface area contributed by atoms with Crippen molar-refractivity contribution in [1.82, 2.24) is 4.90 Å². The number of rotatable bonds is 4. The van der Waals surface area contributed by atoms with E-state index >= 15 is 0 Å². The smallest absolute Gasteiger partial charge is 0.324 e. The number of carboxylic acids is 1. The summed E-state index contributed by atoms with van der Waals surface area (Å²) >= 11 is 0. The molecule has 1 atom stereocenters. The molecule has 2 amide bonds. The van der Waals surface area contributed by atoms with Crippen LogP contribution < -0.4 is 4.90 Å². The lowest BCUT2D eigenvalue weighted by Crippen LogP contribution is -2.42. The number of urea groups is 1. The number of hydrogen-bond donors (Lipinski definition) is 1. The predicted molar refractivity (Wildman–Crippen MR) is 76.8 cm³/mol. The Balaban J connectivity index is 2.02. The maximum Gasteiger partial charge on any atom is 0.324 e. The van der Waals surface area contributed by atoms with Gasteiger partial charge in [-0.3, -0.25) is 9.69 Å². The van der Waals surface area contributed by atoms with Gasteiger partial charge in [0.1, 0.15) is 0 Å². The molecule has 0 bridgehead atoms. The van der Waals surface area contributed by atoms with E-state index in [9.17, 15) is 9.59 Å². The summed E-state index contributed by atoms with van der Waals surface area (Å²) in [6.45, 7) is 3.72. The average Bonchev–Trinajstić information content (AvgIpc) is 2.88. The molecule has 1 aliphatic heterocycles. The number of anilines is 1. The Morgan fingerprint density at radius 1 is 1.35 bits per heavy atom. The monoisotopic (exact) mass is 276 g/mol. The van der Waals surface area contributed by atoms with Gasteiger partial charge in [-0.2, -0.15) is 0 Å². The van der Waals surface area contributed by atoms with Crippen molar-refractivity contribution >= 4 is 17.7 Å². The fourth-order valence-electron chi connectivity index (χ4n) is 2.63. The molecule has 1 aliphatic rings. The highest BCUT2D eigenvalue weighted by atomic mass is 16.4. The van der Waals surface area contributed by atoms with Crippen molar-refractivity contribution in [3.05, 3.63) is 30.3 Å². The van der Waals surface area contributed by atoms with Crippen LogP contribution in [-0.4, -0.2) is 41.6 Å². The fraction of sp³-hybridized carbons (Fsp3) is 0.467. The number of carbonyl (C=O) groups is 2. The van der Waals surface area contributed by atoms with E-state index in [0.717, 1.165) is 12.1 Å². The molecule has 1 fully saturated rings. The van der Waals surface area contributed by atoms with Gasteiger partial charge >= 0.3 is 12.0 Å². The van der Waals surface area contributed by atoms with Gasteiger partial charge in [0.15, 0.2) is 0 Å². The summed E-state index contributed by atoms with van der Waals surface area (Å²) in [6, 6.07) is 9.51. The van der Waals surface area contributed by atoms with Crippen molar-refractivity contribution in [3.63, 3.8) is 0 Å². The van der Waals surface area contributed by atoms with Crippen LogP contribution in [0.5, 0.6) is 0 Å². The minimum Gasteiger partial charge on any atom is -0.481 e. The number of likely N-dealkylation sites (tertiary alicyclic amines) is 1. The molecule has 0 spiro atoms. The quantitative estimate of drug-likeness (QED) is 0.918. The van der Waals surface area contributed by atoms with Crippen molar-refractivity contribution in [2.45, 2.75) is 19.8 Å². The largest absolute Gasteiger partial charge is 0.481 e. The minimum absolute atomic E-state index is 0.0356. The standard InChI is InChI=1S/C15H20N2O3/c1-2-17(13-6-4-3-5-7-13)15(20)16-9-8-12(11-16)10-14(18)19/h3-7,12H,2,8-11H2,1H3,(H,18,19). The van der Waals surface area contributed by atoms with Gasteiger partial charge in [-0.15, -0.1) is 0 Å². The molecule has 1 unspecified atom stereocenters. The second-order valence-corrected chi connectivity index (χ2v) is 5.06. The summed E-state index contributed by atoms with van der Waals surface area (Å²) in [4.78, 5) is 26.7. The summed E-state index contributed by atoms with van der Waals surface area (Å²) < 4.78 is 0. The molecule has 20 heavy (non-hydrogen) atoms. The Morgan fingerprint density at radius 3 is 2.65 bits per heavy atom. The van der Waals surface area contributed by atoms with Gasteiger partial charge < -0.3 is 10.0 Å². The lowest BCUT2D eigenvalue weighted by Gasteiger charge is -2.27. The first-order valence-electron chi connectivity index (χ1n) is 6.95. The summed E-state index contributed by atoms with van der Waals surface area (Å²) in [5.74, 6) is -0.717. The summed E-state index contributed by atoms with van der Waals surface area (Å²) in [5.41, 5.74) is 0.877. The Bertz CT molecular complexity index is 475. The maximum absolute atomic E-state index is 12.5. The van der Waals surface area contributed by atoms with Crippen LogP contribution in [0.3, 0.4) is 0 Å². The Labute approximate surface area is 118 Å². The number of carboxylic acid groups (broad SMARTS) is 1. The van der Waals surface area contributed by atoms with Gasteiger partial charge in [0.05, 0.1) is 0 Å². The lowest BCUT2D eigenvalue weighted by atomic mass is 10.1. The van der Waals surface area contributed by atoms with Crippen LogP contribution in [0.1, 0.15) is 19.8 Å². The molecule has 0 saturated carbocycles. The molecule has 1 N–H and O–H groups in total. The highest BCUT2D eigenvalue weighted by Crippen LogP contribution is 2.23. The molecule has 1 saturated heterocycles. The third-order valence-corrected chi connectivity index (χ3v) is 3.63. The molecule has 0 aromatic heterocycles. The summed E-state index contributed by atoms with van der Waals surface area (Å²) in [5, 5.41) is 8.82. The highest BCUT2D eigenvalue weighted by Gasteiger charge is 2.30. The number of amides is 2. The van der Waals surface area contributed by atoms with Gasteiger partial charge in [0.25, 0.3) is 0 Å². The number of benzene rings is 1. The van der Waals surface area contributed by atoms with E-state index in [1.165, 1.54) is 0 Å². The van der Waals surface area contributed by atoms with Crippen molar-refractivity contribution in [1.29, 1.82) is 0 Å². The second kappa shape index (κ2) is 6.41. The van der Waals surface area contributed by atoms with Crippen molar-refractivity contribution < 1.29 is 14.7 Å². The molecular formula is C15H20N2O3. The van der Waals surface area contributed by atoms with Crippen LogP contribution in [-0.2, 0) is 4.79 Å². The molecule has 108 valence electrons. The van der Waals surface area contributed by atoms with Crippen LogP contribution in [0.25, 0.3) is 0 Å². The van der Waals surface area contributed by atoms with Crippen molar-refractivity contribution in [2.24, 2.45) is 5.92 Å². The van der Waals surface area contributed by atoms with E-state index in [0.29, 0.717) is 19.6 Å². The number of aliphatic carboxylic acids is 1. The van der Waals surface area contributed by atoms with Crippen LogP contribution in [0.4, 0.5) is 10.5 Å². The van der Waals surface area contributed by atoms with Gasteiger partial charge in [-0.05, 0) is 31.4 Å². The third kappa shape index (κ3) is 3.29. The number of hydrogen-bond acceptors (Lipinski definition) is 2. The predicted octanol–water partition coefficient (Wildman–Crippen LogP) is 2.43. The van der Waals surface area contributed by atoms with E-state index in [2.05, 4.69) is 0 Å². The molecule has 2 rings (SSSR count). The van der Waals surface area contributed by atoms with Gasteiger partial charge in [-0.25, -0.2) is 4.79 Å². The lowest BCUT2D eigenvalue weighted by molar-refractivity contribution is -0.138. The SMILES string of the molecule is CCN(C(=O)N1CCC(CC(=O)O)C1)c1ccccc1. The first-order valence-corrected chi connectivity index (χ1v) is 6.95. The van der Waals surface area contributed by atoms with E-state index < -0.39 is 5.97 Å². The maximum atomic E-state index is 12.5. The van der Waals surface area contributed by atoms with Crippen LogP contribution >= 0.6 is 0 Å².